The minimum Gasteiger partial charge on any atom is -0.480 e. The van der Waals surface area contributed by atoms with Crippen LogP contribution in [0.4, 0.5) is 0 Å². The molecule has 0 aromatic heterocycles. The van der Waals surface area contributed by atoms with Gasteiger partial charge in [0.2, 0.25) is 0 Å². The molecular formula is C14H26N2O10. The molecule has 0 fully saturated rings. The average Bonchev–Trinajstić information content (AvgIpc) is 2.47. The van der Waals surface area contributed by atoms with Gasteiger partial charge in [-0.05, 0) is 0 Å². The Hall–Kier alpha value is -1.83. The van der Waals surface area contributed by atoms with Gasteiger partial charge in [0.05, 0.1) is 46.1 Å². The van der Waals surface area contributed by atoms with Crippen LogP contribution in [0.2, 0.25) is 0 Å². The minimum atomic E-state index is -1.64. The van der Waals surface area contributed by atoms with E-state index in [1.54, 1.807) is 0 Å². The molecule has 12 nitrogen and oxygen atoms in total. The number of carbonyl (C=O) groups is 3. The van der Waals surface area contributed by atoms with Crippen LogP contribution in [0.5, 0.6) is 0 Å². The molecule has 0 unspecified atom stereocenters. The van der Waals surface area contributed by atoms with Crippen LogP contribution in [0.15, 0.2) is 0 Å². The molecule has 0 saturated heterocycles. The van der Waals surface area contributed by atoms with Crippen molar-refractivity contribution in [3.8, 4) is 0 Å². The van der Waals surface area contributed by atoms with Crippen LogP contribution >= 0.6 is 0 Å². The molecule has 12 heteroatoms. The van der Waals surface area contributed by atoms with E-state index in [1.165, 1.54) is 9.80 Å². The molecule has 26 heavy (non-hydrogen) atoms. The highest BCUT2D eigenvalue weighted by Crippen LogP contribution is 1.93. The standard InChI is InChI=1S/C14H26N2O10/c17-11(18)7-15(8-12(19)20)1-3-25-5-6-26-4-2-16(9-13(21)22)10-14(23)24/h11,17-18H,1-10H2,(H,19,20)(H,21,22)(H,23,24). The summed E-state index contributed by atoms with van der Waals surface area (Å²) in [6.45, 7) is -0.357. The lowest BCUT2D eigenvalue weighted by atomic mass is 10.4. The van der Waals surface area contributed by atoms with Gasteiger partial charge in [-0.3, -0.25) is 24.2 Å². The van der Waals surface area contributed by atoms with Crippen LogP contribution < -0.4 is 0 Å². The summed E-state index contributed by atoms with van der Waals surface area (Å²) in [5, 5.41) is 43.8. The molecule has 152 valence electrons. The Kier molecular flexibility index (Phi) is 13.3. The third kappa shape index (κ3) is 15.7. The number of aliphatic hydroxyl groups is 2. The summed E-state index contributed by atoms with van der Waals surface area (Å²) in [7, 11) is 0. The Balaban J connectivity index is 3.82. The number of carboxylic acid groups (broad SMARTS) is 3. The largest absolute Gasteiger partial charge is 0.480 e. The zero-order valence-corrected chi connectivity index (χ0v) is 14.3. The molecule has 0 atom stereocenters. The molecule has 0 aromatic carbocycles. The van der Waals surface area contributed by atoms with Gasteiger partial charge in [0.25, 0.3) is 0 Å². The first kappa shape index (κ1) is 24.2. The predicted octanol–water partition coefficient (Wildman–Crippen LogP) is -2.81. The van der Waals surface area contributed by atoms with E-state index in [2.05, 4.69) is 0 Å². The van der Waals surface area contributed by atoms with Gasteiger partial charge in [-0.1, -0.05) is 0 Å². The number of carboxylic acids is 3. The van der Waals surface area contributed by atoms with Gasteiger partial charge in [0.15, 0.2) is 6.29 Å². The van der Waals surface area contributed by atoms with Crippen LogP contribution in [0, 0.1) is 0 Å². The maximum Gasteiger partial charge on any atom is 0.317 e. The number of aliphatic hydroxyl groups excluding tert-OH is 1. The fourth-order valence-corrected chi connectivity index (χ4v) is 1.96. The van der Waals surface area contributed by atoms with Crippen LogP contribution in [0.25, 0.3) is 0 Å². The van der Waals surface area contributed by atoms with Crippen LogP contribution in [-0.4, -0.2) is 125 Å². The maximum absolute atomic E-state index is 10.6. The van der Waals surface area contributed by atoms with E-state index in [1.807, 2.05) is 0 Å². The van der Waals surface area contributed by atoms with Crippen molar-refractivity contribution in [2.75, 3.05) is 65.7 Å². The molecule has 0 aliphatic carbocycles. The molecule has 0 radical (unpaired) electrons. The molecule has 0 spiro atoms. The molecule has 0 rings (SSSR count). The second kappa shape index (κ2) is 14.4. The SMILES string of the molecule is O=C(O)CN(CCOCCOCCN(CC(=O)O)CC(O)O)CC(=O)O. The van der Waals surface area contributed by atoms with Crippen molar-refractivity contribution in [2.45, 2.75) is 6.29 Å². The van der Waals surface area contributed by atoms with E-state index >= 15 is 0 Å². The first-order valence-electron chi connectivity index (χ1n) is 7.82. The van der Waals surface area contributed by atoms with E-state index in [0.717, 1.165) is 0 Å². The van der Waals surface area contributed by atoms with Crippen LogP contribution in [-0.2, 0) is 23.9 Å². The average molecular weight is 382 g/mol. The van der Waals surface area contributed by atoms with Crippen LogP contribution in [0.1, 0.15) is 0 Å². The molecule has 0 heterocycles. The van der Waals surface area contributed by atoms with Crippen molar-refractivity contribution >= 4 is 17.9 Å². The number of rotatable bonds is 17. The quantitative estimate of drug-likeness (QED) is 0.129. The number of hydrogen-bond acceptors (Lipinski definition) is 9. The second-order valence-electron chi connectivity index (χ2n) is 5.33. The molecule has 0 bridgehead atoms. The van der Waals surface area contributed by atoms with Crippen molar-refractivity contribution in [2.24, 2.45) is 0 Å². The van der Waals surface area contributed by atoms with Crippen LogP contribution in [0.3, 0.4) is 0 Å². The Morgan fingerprint density at radius 3 is 1.46 bits per heavy atom. The van der Waals surface area contributed by atoms with Gasteiger partial charge >= 0.3 is 17.9 Å². The highest BCUT2D eigenvalue weighted by molar-refractivity contribution is 5.72. The van der Waals surface area contributed by atoms with Gasteiger partial charge in [-0.15, -0.1) is 0 Å². The smallest absolute Gasteiger partial charge is 0.317 e. The zero-order chi connectivity index (χ0) is 19.9. The molecule has 0 amide bonds. The molecular weight excluding hydrogens is 356 g/mol. The topological polar surface area (TPSA) is 177 Å². The predicted molar refractivity (Wildman–Crippen MR) is 85.7 cm³/mol. The van der Waals surface area contributed by atoms with Crippen molar-refractivity contribution < 1.29 is 49.4 Å². The Bertz CT molecular complexity index is 416. The van der Waals surface area contributed by atoms with E-state index in [9.17, 15) is 14.4 Å². The van der Waals surface area contributed by atoms with Crippen molar-refractivity contribution in [1.29, 1.82) is 0 Å². The van der Waals surface area contributed by atoms with Gasteiger partial charge in [-0.25, -0.2) is 0 Å². The summed E-state index contributed by atoms with van der Waals surface area (Å²) in [6, 6.07) is 0. The normalized spacial score (nSPS) is 11.4. The first-order valence-corrected chi connectivity index (χ1v) is 7.82. The van der Waals surface area contributed by atoms with Gasteiger partial charge in [0, 0.05) is 19.6 Å². The van der Waals surface area contributed by atoms with Crippen molar-refractivity contribution in [3.05, 3.63) is 0 Å². The summed E-state index contributed by atoms with van der Waals surface area (Å²) < 4.78 is 10.5. The lowest BCUT2D eigenvalue weighted by Gasteiger charge is -2.21. The fourth-order valence-electron chi connectivity index (χ4n) is 1.96. The molecule has 0 saturated carbocycles. The first-order chi connectivity index (χ1) is 12.2. The Morgan fingerprint density at radius 1 is 0.692 bits per heavy atom. The number of hydrogen-bond donors (Lipinski definition) is 5. The summed E-state index contributed by atoms with van der Waals surface area (Å²) in [5.41, 5.74) is 0. The lowest BCUT2D eigenvalue weighted by Crippen LogP contribution is -2.38. The summed E-state index contributed by atoms with van der Waals surface area (Å²) in [4.78, 5) is 34.4. The Morgan fingerprint density at radius 2 is 1.08 bits per heavy atom. The highest BCUT2D eigenvalue weighted by atomic mass is 16.5. The third-order valence-corrected chi connectivity index (χ3v) is 2.97. The summed E-state index contributed by atoms with van der Waals surface area (Å²) in [6.07, 6.45) is -1.64. The fraction of sp³-hybridized carbons (Fsp3) is 0.786. The van der Waals surface area contributed by atoms with Crippen molar-refractivity contribution in [3.63, 3.8) is 0 Å². The second-order valence-corrected chi connectivity index (χ2v) is 5.33. The molecule has 0 aromatic rings. The van der Waals surface area contributed by atoms with Gasteiger partial charge < -0.3 is 35.0 Å². The minimum absolute atomic E-state index is 0.131. The number of ether oxygens (including phenoxy) is 2. The van der Waals surface area contributed by atoms with E-state index in [0.29, 0.717) is 0 Å². The molecule has 0 aliphatic heterocycles. The Labute approximate surface area is 150 Å². The lowest BCUT2D eigenvalue weighted by molar-refractivity contribution is -0.143. The number of nitrogens with zero attached hydrogens (tertiary/aromatic N) is 2. The highest BCUT2D eigenvalue weighted by Gasteiger charge is 2.14. The van der Waals surface area contributed by atoms with Gasteiger partial charge in [-0.2, -0.15) is 0 Å². The maximum atomic E-state index is 10.6. The van der Waals surface area contributed by atoms with Crippen molar-refractivity contribution in [1.82, 2.24) is 9.80 Å². The molecule has 0 aliphatic rings. The monoisotopic (exact) mass is 382 g/mol. The van der Waals surface area contributed by atoms with E-state index in [-0.39, 0.29) is 52.6 Å². The third-order valence-electron chi connectivity index (χ3n) is 2.97. The summed E-state index contributed by atoms with van der Waals surface area (Å²) in [5.74, 6) is -3.36. The van der Waals surface area contributed by atoms with E-state index < -0.39 is 37.3 Å². The zero-order valence-electron chi connectivity index (χ0n) is 14.3. The molecule has 5 N–H and O–H groups in total. The van der Waals surface area contributed by atoms with Gasteiger partial charge in [0.1, 0.15) is 0 Å². The van der Waals surface area contributed by atoms with E-state index in [4.69, 9.17) is 35.0 Å². The number of aliphatic carboxylic acids is 3. The summed E-state index contributed by atoms with van der Waals surface area (Å²) >= 11 is 0.